The molecule has 0 atom stereocenters. The molecule has 2 N–H and O–H groups in total. The zero-order chi connectivity index (χ0) is 15.4. The second kappa shape index (κ2) is 6.77. The molecule has 2 heterocycles. The summed E-state index contributed by atoms with van der Waals surface area (Å²) in [6.07, 6.45) is 2.07. The maximum absolute atomic E-state index is 12.4. The normalized spacial score (nSPS) is 17.5. The fourth-order valence-electron chi connectivity index (χ4n) is 3.08. The molecule has 118 valence electrons. The number of fused-ring (bicyclic) bond motifs is 1. The van der Waals surface area contributed by atoms with Gasteiger partial charge in [-0.25, -0.2) is 0 Å². The molecule has 1 aromatic heterocycles. The number of amides is 1. The third kappa shape index (κ3) is 3.32. The molecule has 0 bridgehead atoms. The summed E-state index contributed by atoms with van der Waals surface area (Å²) in [6, 6.07) is 10.1. The van der Waals surface area contributed by atoms with Gasteiger partial charge in [0.25, 0.3) is 5.91 Å². The van der Waals surface area contributed by atoms with E-state index < -0.39 is 0 Å². The molecule has 3 rings (SSSR count). The molecule has 0 saturated carbocycles. The van der Waals surface area contributed by atoms with Crippen molar-refractivity contribution in [3.8, 4) is 0 Å². The van der Waals surface area contributed by atoms with Crippen molar-refractivity contribution < 1.29 is 9.53 Å². The van der Waals surface area contributed by atoms with Gasteiger partial charge >= 0.3 is 0 Å². The SMILES string of the molecule is COCC1(CNC(=O)c2cc3ccccc3s2)CCNCC1. The Morgan fingerprint density at radius 3 is 2.86 bits per heavy atom. The van der Waals surface area contributed by atoms with Gasteiger partial charge in [-0.15, -0.1) is 11.3 Å². The van der Waals surface area contributed by atoms with Crippen LogP contribution in [0.5, 0.6) is 0 Å². The lowest BCUT2D eigenvalue weighted by Gasteiger charge is -2.37. The minimum atomic E-state index is 0.0233. The van der Waals surface area contributed by atoms with Crippen LogP contribution in [0.15, 0.2) is 30.3 Å². The Balaban J connectivity index is 1.67. The second-order valence-electron chi connectivity index (χ2n) is 6.01. The fourth-order valence-corrected chi connectivity index (χ4v) is 4.06. The van der Waals surface area contributed by atoms with Crippen LogP contribution in [0.1, 0.15) is 22.5 Å². The predicted molar refractivity (Wildman–Crippen MR) is 90.6 cm³/mol. The third-order valence-corrected chi connectivity index (χ3v) is 5.50. The van der Waals surface area contributed by atoms with E-state index in [2.05, 4.69) is 16.7 Å². The average molecular weight is 318 g/mol. The van der Waals surface area contributed by atoms with Gasteiger partial charge in [0.05, 0.1) is 11.5 Å². The molecule has 4 nitrogen and oxygen atoms in total. The van der Waals surface area contributed by atoms with Crippen molar-refractivity contribution in [1.82, 2.24) is 10.6 Å². The number of thiophene rings is 1. The van der Waals surface area contributed by atoms with E-state index >= 15 is 0 Å². The van der Waals surface area contributed by atoms with E-state index in [4.69, 9.17) is 4.74 Å². The van der Waals surface area contributed by atoms with E-state index in [-0.39, 0.29) is 11.3 Å². The highest BCUT2D eigenvalue weighted by Crippen LogP contribution is 2.29. The van der Waals surface area contributed by atoms with Crippen LogP contribution >= 0.6 is 11.3 Å². The number of rotatable bonds is 5. The van der Waals surface area contributed by atoms with Gasteiger partial charge in [0.1, 0.15) is 0 Å². The van der Waals surface area contributed by atoms with E-state index in [1.165, 1.54) is 0 Å². The first-order valence-corrected chi connectivity index (χ1v) is 8.51. The summed E-state index contributed by atoms with van der Waals surface area (Å²) in [5.74, 6) is 0.0233. The maximum atomic E-state index is 12.4. The molecular formula is C17H22N2O2S. The number of ether oxygens (including phenoxy) is 1. The number of carbonyl (C=O) groups is 1. The number of methoxy groups -OCH3 is 1. The van der Waals surface area contributed by atoms with Gasteiger partial charge in [-0.2, -0.15) is 0 Å². The molecule has 1 amide bonds. The minimum Gasteiger partial charge on any atom is -0.384 e. The lowest BCUT2D eigenvalue weighted by Crippen LogP contribution is -2.47. The van der Waals surface area contributed by atoms with E-state index in [0.717, 1.165) is 40.9 Å². The molecule has 1 aliphatic rings. The monoisotopic (exact) mass is 318 g/mol. The molecule has 0 aliphatic carbocycles. The largest absolute Gasteiger partial charge is 0.384 e. The Bertz CT molecular complexity index is 608. The van der Waals surface area contributed by atoms with Crippen molar-refractivity contribution in [2.75, 3.05) is 33.4 Å². The summed E-state index contributed by atoms with van der Waals surface area (Å²) < 4.78 is 6.55. The number of carbonyl (C=O) groups excluding carboxylic acids is 1. The summed E-state index contributed by atoms with van der Waals surface area (Å²) >= 11 is 1.55. The quantitative estimate of drug-likeness (QED) is 0.891. The highest BCUT2D eigenvalue weighted by Gasteiger charge is 2.32. The third-order valence-electron chi connectivity index (χ3n) is 4.39. The lowest BCUT2D eigenvalue weighted by molar-refractivity contribution is 0.0512. The highest BCUT2D eigenvalue weighted by atomic mass is 32.1. The van der Waals surface area contributed by atoms with Crippen molar-refractivity contribution in [2.24, 2.45) is 5.41 Å². The lowest BCUT2D eigenvalue weighted by atomic mass is 9.79. The number of hydrogen-bond acceptors (Lipinski definition) is 4. The summed E-state index contributed by atoms with van der Waals surface area (Å²) in [6.45, 7) is 3.35. The Kier molecular flexibility index (Phi) is 4.76. The van der Waals surface area contributed by atoms with E-state index in [1.807, 2.05) is 24.3 Å². The number of benzene rings is 1. The molecule has 5 heteroatoms. The van der Waals surface area contributed by atoms with Gasteiger partial charge in [-0.05, 0) is 43.5 Å². The van der Waals surface area contributed by atoms with E-state index in [0.29, 0.717) is 13.2 Å². The van der Waals surface area contributed by atoms with E-state index in [9.17, 15) is 4.79 Å². The van der Waals surface area contributed by atoms with Crippen LogP contribution < -0.4 is 10.6 Å². The van der Waals surface area contributed by atoms with Crippen molar-refractivity contribution >= 4 is 27.3 Å². The first-order chi connectivity index (χ1) is 10.7. The average Bonchev–Trinajstić information content (AvgIpc) is 2.98. The van der Waals surface area contributed by atoms with Gasteiger partial charge in [-0.3, -0.25) is 4.79 Å². The topological polar surface area (TPSA) is 50.4 Å². The number of hydrogen-bond donors (Lipinski definition) is 2. The molecular weight excluding hydrogens is 296 g/mol. The standard InChI is InChI=1S/C17H22N2O2S/c1-21-12-17(6-8-18-9-7-17)11-19-16(20)15-10-13-4-2-3-5-14(13)22-15/h2-5,10,18H,6-9,11-12H2,1H3,(H,19,20). The van der Waals surface area contributed by atoms with Crippen LogP contribution in [0.25, 0.3) is 10.1 Å². The smallest absolute Gasteiger partial charge is 0.261 e. The Morgan fingerprint density at radius 2 is 2.14 bits per heavy atom. The Labute approximate surface area is 134 Å². The van der Waals surface area contributed by atoms with Gasteiger partial charge in [0, 0.05) is 23.8 Å². The molecule has 0 spiro atoms. The van der Waals surface area contributed by atoms with Gasteiger partial charge in [0.2, 0.25) is 0 Å². The number of piperidine rings is 1. The molecule has 2 aromatic rings. The molecule has 1 fully saturated rings. The van der Waals surface area contributed by atoms with Crippen molar-refractivity contribution in [1.29, 1.82) is 0 Å². The predicted octanol–water partition coefficient (Wildman–Crippen LogP) is 2.65. The molecule has 1 aromatic carbocycles. The Hall–Kier alpha value is -1.43. The van der Waals surface area contributed by atoms with Gasteiger partial charge < -0.3 is 15.4 Å². The van der Waals surface area contributed by atoms with Crippen LogP contribution in [0.4, 0.5) is 0 Å². The Morgan fingerprint density at radius 1 is 1.36 bits per heavy atom. The maximum Gasteiger partial charge on any atom is 0.261 e. The van der Waals surface area contributed by atoms with Crippen LogP contribution in [0.2, 0.25) is 0 Å². The van der Waals surface area contributed by atoms with Gasteiger partial charge in [0.15, 0.2) is 0 Å². The molecule has 1 aliphatic heterocycles. The van der Waals surface area contributed by atoms with Crippen molar-refractivity contribution in [3.63, 3.8) is 0 Å². The zero-order valence-corrected chi connectivity index (χ0v) is 13.7. The van der Waals surface area contributed by atoms with Crippen molar-refractivity contribution in [3.05, 3.63) is 35.2 Å². The first-order valence-electron chi connectivity index (χ1n) is 7.69. The summed E-state index contributed by atoms with van der Waals surface area (Å²) in [5.41, 5.74) is 0.0618. The van der Waals surface area contributed by atoms with E-state index in [1.54, 1.807) is 18.4 Å². The molecule has 22 heavy (non-hydrogen) atoms. The van der Waals surface area contributed by atoms with Crippen LogP contribution in [-0.4, -0.2) is 39.3 Å². The first kappa shape index (κ1) is 15.5. The highest BCUT2D eigenvalue weighted by molar-refractivity contribution is 7.20. The van der Waals surface area contributed by atoms with Crippen LogP contribution in [-0.2, 0) is 4.74 Å². The fraction of sp³-hybridized carbons (Fsp3) is 0.471. The van der Waals surface area contributed by atoms with Crippen molar-refractivity contribution in [2.45, 2.75) is 12.8 Å². The van der Waals surface area contributed by atoms with Crippen LogP contribution in [0.3, 0.4) is 0 Å². The summed E-state index contributed by atoms with van der Waals surface area (Å²) in [7, 11) is 1.73. The van der Waals surface area contributed by atoms with Crippen LogP contribution in [0, 0.1) is 5.41 Å². The summed E-state index contributed by atoms with van der Waals surface area (Å²) in [5, 5.41) is 7.62. The second-order valence-corrected chi connectivity index (χ2v) is 7.10. The van der Waals surface area contributed by atoms with Gasteiger partial charge in [-0.1, -0.05) is 18.2 Å². The molecule has 0 radical (unpaired) electrons. The zero-order valence-electron chi connectivity index (χ0n) is 12.9. The summed E-state index contributed by atoms with van der Waals surface area (Å²) in [4.78, 5) is 13.2. The molecule has 1 saturated heterocycles. The number of nitrogens with one attached hydrogen (secondary N) is 2. The molecule has 0 unspecified atom stereocenters. The minimum absolute atomic E-state index is 0.0233.